The fourth-order valence-corrected chi connectivity index (χ4v) is 2.23. The van der Waals surface area contributed by atoms with Crippen molar-refractivity contribution in [3.63, 3.8) is 0 Å². The van der Waals surface area contributed by atoms with Crippen LogP contribution < -0.4 is 5.32 Å². The molecule has 3 aromatic rings. The second kappa shape index (κ2) is 6.50. The van der Waals surface area contributed by atoms with Crippen LogP contribution in [0.25, 0.3) is 0 Å². The first-order valence-electron chi connectivity index (χ1n) is 6.80. The third-order valence-corrected chi connectivity index (χ3v) is 3.54. The number of amides is 1. The van der Waals surface area contributed by atoms with Gasteiger partial charge < -0.3 is 15.4 Å². The number of benzene rings is 1. The van der Waals surface area contributed by atoms with E-state index in [1.54, 1.807) is 16.9 Å². The number of rotatable bonds is 5. The van der Waals surface area contributed by atoms with Crippen molar-refractivity contribution < 1.29 is 9.72 Å². The Morgan fingerprint density at radius 3 is 2.92 bits per heavy atom. The zero-order chi connectivity index (χ0) is 17.1. The van der Waals surface area contributed by atoms with E-state index in [0.717, 1.165) is 11.6 Å². The van der Waals surface area contributed by atoms with Crippen LogP contribution in [0.3, 0.4) is 0 Å². The lowest BCUT2D eigenvalue weighted by molar-refractivity contribution is -0.389. The average Bonchev–Trinajstić information content (AvgIpc) is 3.19. The van der Waals surface area contributed by atoms with Crippen LogP contribution in [0.2, 0.25) is 5.02 Å². The summed E-state index contributed by atoms with van der Waals surface area (Å²) in [5, 5.41) is 23.7. The average molecular weight is 347 g/mol. The lowest BCUT2D eigenvalue weighted by atomic mass is 10.2. The molecule has 0 bridgehead atoms. The molecule has 24 heavy (non-hydrogen) atoms. The number of nitrogens with zero attached hydrogens (tertiary/aromatic N) is 4. The summed E-state index contributed by atoms with van der Waals surface area (Å²) >= 11 is 6.10. The van der Waals surface area contributed by atoms with Crippen molar-refractivity contribution in [1.82, 2.24) is 20.0 Å². The molecule has 1 amide bonds. The van der Waals surface area contributed by atoms with Crippen molar-refractivity contribution in [2.75, 3.05) is 5.32 Å². The topological polar surface area (TPSA) is 119 Å². The number of hydrogen-bond donors (Lipinski definition) is 2. The largest absolute Gasteiger partial charge is 0.358 e. The number of aromatic amines is 1. The molecule has 10 heteroatoms. The van der Waals surface area contributed by atoms with E-state index in [1.165, 1.54) is 6.20 Å². The molecule has 2 N–H and O–H groups in total. The van der Waals surface area contributed by atoms with Crippen LogP contribution in [0.4, 0.5) is 11.5 Å². The number of halogens is 1. The highest BCUT2D eigenvalue weighted by molar-refractivity contribution is 6.31. The second-order valence-electron chi connectivity index (χ2n) is 4.87. The first-order chi connectivity index (χ1) is 11.5. The number of anilines is 1. The van der Waals surface area contributed by atoms with Crippen LogP contribution in [0.5, 0.6) is 0 Å². The number of carbonyl (C=O) groups excluding carboxylic acids is 1. The van der Waals surface area contributed by atoms with E-state index >= 15 is 0 Å². The summed E-state index contributed by atoms with van der Waals surface area (Å²) in [5.74, 6) is -0.925. The highest BCUT2D eigenvalue weighted by Gasteiger charge is 2.17. The van der Waals surface area contributed by atoms with Gasteiger partial charge in [0, 0.05) is 11.2 Å². The van der Waals surface area contributed by atoms with Gasteiger partial charge in [-0.15, -0.1) is 5.10 Å². The number of nitro groups is 1. The van der Waals surface area contributed by atoms with Gasteiger partial charge in [0.15, 0.2) is 5.69 Å². The van der Waals surface area contributed by atoms with Gasteiger partial charge in [-0.1, -0.05) is 34.9 Å². The van der Waals surface area contributed by atoms with Gasteiger partial charge in [0.05, 0.1) is 24.5 Å². The summed E-state index contributed by atoms with van der Waals surface area (Å²) in [6, 6.07) is 8.43. The quantitative estimate of drug-likeness (QED) is 0.543. The molecule has 2 heterocycles. The molecule has 0 fully saturated rings. The Morgan fingerprint density at radius 2 is 2.21 bits per heavy atom. The fraction of sp³-hybridized carbons (Fsp3) is 0.0714. The van der Waals surface area contributed by atoms with Crippen LogP contribution in [-0.2, 0) is 6.54 Å². The van der Waals surface area contributed by atoms with E-state index in [1.807, 2.05) is 18.2 Å². The summed E-state index contributed by atoms with van der Waals surface area (Å²) in [6.07, 6.45) is 3.10. The third kappa shape index (κ3) is 3.41. The molecule has 3 rings (SSSR count). The van der Waals surface area contributed by atoms with Gasteiger partial charge in [-0.3, -0.25) is 9.48 Å². The van der Waals surface area contributed by atoms with Crippen LogP contribution >= 0.6 is 11.6 Å². The Bertz CT molecular complexity index is 903. The molecule has 122 valence electrons. The lowest BCUT2D eigenvalue weighted by Gasteiger charge is -2.03. The normalized spacial score (nSPS) is 10.5. The third-order valence-electron chi connectivity index (χ3n) is 3.17. The summed E-state index contributed by atoms with van der Waals surface area (Å²) in [5.41, 5.74) is 1.25. The SMILES string of the molecule is O=C(Nc1cnn(Cc2ccccc2Cl)c1)c1cc([N+](=O)[O-])[nH]n1. The summed E-state index contributed by atoms with van der Waals surface area (Å²) in [7, 11) is 0. The van der Waals surface area contributed by atoms with Crippen molar-refractivity contribution in [2.24, 2.45) is 0 Å². The van der Waals surface area contributed by atoms with Gasteiger partial charge in [-0.25, -0.2) is 0 Å². The predicted octanol–water partition coefficient (Wildman–Crippen LogP) is 2.47. The van der Waals surface area contributed by atoms with Crippen LogP contribution in [0.15, 0.2) is 42.7 Å². The van der Waals surface area contributed by atoms with E-state index in [4.69, 9.17) is 11.6 Å². The van der Waals surface area contributed by atoms with E-state index in [-0.39, 0.29) is 11.5 Å². The minimum absolute atomic E-state index is 0.0828. The van der Waals surface area contributed by atoms with Gasteiger partial charge in [0.25, 0.3) is 5.91 Å². The Morgan fingerprint density at radius 1 is 1.42 bits per heavy atom. The Balaban J connectivity index is 1.68. The zero-order valence-electron chi connectivity index (χ0n) is 12.1. The van der Waals surface area contributed by atoms with Crippen molar-refractivity contribution in [2.45, 2.75) is 6.54 Å². The van der Waals surface area contributed by atoms with E-state index in [0.29, 0.717) is 17.3 Å². The minimum atomic E-state index is -0.661. The van der Waals surface area contributed by atoms with Crippen LogP contribution in [0, 0.1) is 10.1 Å². The van der Waals surface area contributed by atoms with Gasteiger partial charge in [0.2, 0.25) is 0 Å². The molecule has 2 aromatic heterocycles. The van der Waals surface area contributed by atoms with Crippen molar-refractivity contribution in [3.05, 3.63) is 69.1 Å². The molecule has 0 radical (unpaired) electrons. The maximum absolute atomic E-state index is 12.0. The highest BCUT2D eigenvalue weighted by atomic mass is 35.5. The number of H-pyrrole nitrogens is 1. The Kier molecular flexibility index (Phi) is 4.25. The molecule has 0 aliphatic heterocycles. The summed E-state index contributed by atoms with van der Waals surface area (Å²) in [4.78, 5) is 21.9. The van der Waals surface area contributed by atoms with Gasteiger partial charge >= 0.3 is 5.82 Å². The van der Waals surface area contributed by atoms with Gasteiger partial charge in [0.1, 0.15) is 0 Å². The molecule has 0 saturated heterocycles. The van der Waals surface area contributed by atoms with E-state index < -0.39 is 10.8 Å². The van der Waals surface area contributed by atoms with Crippen molar-refractivity contribution >= 4 is 29.0 Å². The molecule has 9 nitrogen and oxygen atoms in total. The lowest BCUT2D eigenvalue weighted by Crippen LogP contribution is -2.11. The Hall–Kier alpha value is -3.20. The van der Waals surface area contributed by atoms with Gasteiger partial charge in [-0.05, 0) is 16.6 Å². The van der Waals surface area contributed by atoms with Gasteiger partial charge in [-0.2, -0.15) is 5.10 Å². The van der Waals surface area contributed by atoms with Crippen molar-refractivity contribution in [1.29, 1.82) is 0 Å². The van der Waals surface area contributed by atoms with Crippen LogP contribution in [0.1, 0.15) is 16.1 Å². The molecule has 0 spiro atoms. The number of nitrogens with one attached hydrogen (secondary N) is 2. The zero-order valence-corrected chi connectivity index (χ0v) is 12.9. The number of hydrogen-bond acceptors (Lipinski definition) is 5. The molecule has 0 atom stereocenters. The Labute approximate surface area is 140 Å². The summed E-state index contributed by atoms with van der Waals surface area (Å²) < 4.78 is 1.61. The maximum atomic E-state index is 12.0. The standard InChI is InChI=1S/C14H11ClN6O3/c15-11-4-2-1-3-9(11)7-20-8-10(6-16-20)17-14(22)12-5-13(19-18-12)21(23)24/h1-6,8H,7H2,(H,17,22)(H,18,19). The molecule has 0 saturated carbocycles. The first-order valence-corrected chi connectivity index (χ1v) is 7.18. The molecule has 0 unspecified atom stereocenters. The molecule has 0 aliphatic rings. The predicted molar refractivity (Wildman–Crippen MR) is 86.0 cm³/mol. The number of carbonyl (C=O) groups is 1. The molecule has 1 aromatic carbocycles. The monoisotopic (exact) mass is 346 g/mol. The molecule has 0 aliphatic carbocycles. The second-order valence-corrected chi connectivity index (χ2v) is 5.27. The number of aromatic nitrogens is 4. The highest BCUT2D eigenvalue weighted by Crippen LogP contribution is 2.17. The molecular weight excluding hydrogens is 336 g/mol. The first kappa shape index (κ1) is 15.7. The summed E-state index contributed by atoms with van der Waals surface area (Å²) in [6.45, 7) is 0.448. The van der Waals surface area contributed by atoms with Crippen LogP contribution in [-0.4, -0.2) is 30.8 Å². The maximum Gasteiger partial charge on any atom is 0.343 e. The minimum Gasteiger partial charge on any atom is -0.358 e. The molecular formula is C14H11ClN6O3. The van der Waals surface area contributed by atoms with E-state index in [2.05, 4.69) is 20.6 Å². The van der Waals surface area contributed by atoms with E-state index in [9.17, 15) is 14.9 Å². The fourth-order valence-electron chi connectivity index (χ4n) is 2.03. The smallest absolute Gasteiger partial charge is 0.343 e. The van der Waals surface area contributed by atoms with Crippen molar-refractivity contribution in [3.8, 4) is 0 Å².